The molecule has 1 amide bonds. The number of benzene rings is 1. The van der Waals surface area contributed by atoms with Crippen molar-refractivity contribution in [1.29, 1.82) is 0 Å². The summed E-state index contributed by atoms with van der Waals surface area (Å²) in [5.74, 6) is 0.814. The molecule has 154 valence electrons. The van der Waals surface area contributed by atoms with Gasteiger partial charge in [-0.05, 0) is 39.3 Å². The highest BCUT2D eigenvalue weighted by Crippen LogP contribution is 2.30. The second-order valence-corrected chi connectivity index (χ2v) is 8.37. The van der Waals surface area contributed by atoms with Crippen LogP contribution in [0.5, 0.6) is 0 Å². The van der Waals surface area contributed by atoms with E-state index >= 15 is 0 Å². The van der Waals surface area contributed by atoms with Crippen molar-refractivity contribution in [1.82, 2.24) is 24.4 Å². The van der Waals surface area contributed by atoms with E-state index in [4.69, 9.17) is 4.98 Å². The van der Waals surface area contributed by atoms with E-state index in [0.717, 1.165) is 28.0 Å². The number of aryl methyl sites for hydroxylation is 2. The first-order valence-electron chi connectivity index (χ1n) is 9.82. The van der Waals surface area contributed by atoms with Crippen LogP contribution in [0.2, 0.25) is 0 Å². The minimum Gasteiger partial charge on any atom is -0.310 e. The second kappa shape index (κ2) is 8.31. The zero-order valence-corrected chi connectivity index (χ0v) is 18.3. The Bertz CT molecular complexity index is 1200. The molecule has 0 unspecified atom stereocenters. The summed E-state index contributed by atoms with van der Waals surface area (Å²) < 4.78 is 3.64. The van der Waals surface area contributed by atoms with Gasteiger partial charge in [0.05, 0.1) is 28.9 Å². The number of carbonyl (C=O) groups is 1. The predicted molar refractivity (Wildman–Crippen MR) is 120 cm³/mol. The monoisotopic (exact) mass is 420 g/mol. The minimum atomic E-state index is -0.107. The molecule has 0 bridgehead atoms. The van der Waals surface area contributed by atoms with Crippen LogP contribution in [0.3, 0.4) is 0 Å². The predicted octanol–water partition coefficient (Wildman–Crippen LogP) is 4.52. The molecule has 4 rings (SSSR count). The zero-order chi connectivity index (χ0) is 21.3. The average molecular weight is 421 g/mol. The highest BCUT2D eigenvalue weighted by Gasteiger charge is 2.18. The van der Waals surface area contributed by atoms with E-state index in [9.17, 15) is 4.79 Å². The number of nitrogens with zero attached hydrogens (tertiary/aromatic N) is 5. The number of anilines is 1. The van der Waals surface area contributed by atoms with Crippen LogP contribution in [0, 0.1) is 13.8 Å². The van der Waals surface area contributed by atoms with Crippen molar-refractivity contribution in [3.05, 3.63) is 59.9 Å². The summed E-state index contributed by atoms with van der Waals surface area (Å²) >= 11 is 1.37. The van der Waals surface area contributed by atoms with Crippen molar-refractivity contribution >= 4 is 29.0 Å². The van der Waals surface area contributed by atoms with Crippen molar-refractivity contribution in [2.24, 2.45) is 0 Å². The molecule has 1 N–H and O–H groups in total. The van der Waals surface area contributed by atoms with E-state index in [1.165, 1.54) is 11.8 Å². The van der Waals surface area contributed by atoms with E-state index in [1.807, 2.05) is 55.6 Å². The number of rotatable bonds is 6. The molecule has 4 aromatic rings. The fraction of sp³-hybridized carbons (Fsp3) is 0.273. The van der Waals surface area contributed by atoms with Crippen molar-refractivity contribution in [3.63, 3.8) is 0 Å². The molecule has 3 aromatic heterocycles. The number of hydrogen-bond donors (Lipinski definition) is 1. The van der Waals surface area contributed by atoms with E-state index < -0.39 is 0 Å². The Morgan fingerprint density at radius 2 is 1.93 bits per heavy atom. The first-order valence-corrected chi connectivity index (χ1v) is 10.8. The van der Waals surface area contributed by atoms with E-state index in [2.05, 4.69) is 28.5 Å². The number of amides is 1. The molecule has 0 aliphatic heterocycles. The maximum Gasteiger partial charge on any atom is 0.235 e. The van der Waals surface area contributed by atoms with Crippen LogP contribution in [0.1, 0.15) is 31.1 Å². The standard InChI is InChI=1S/C22H24N6OS/c1-14(2)27-18(10-11-23-27)24-19(29)13-30-22-25-20(17-8-6-5-7-9-17)21-15(3)12-16(4)26-28(21)22/h5-12,14H,13H2,1-4H3,(H,24,29). The highest BCUT2D eigenvalue weighted by atomic mass is 32.2. The first kappa shape index (κ1) is 20.2. The Labute approximate surface area is 179 Å². The molecule has 0 radical (unpaired) electrons. The van der Waals surface area contributed by atoms with Gasteiger partial charge in [-0.3, -0.25) is 4.79 Å². The van der Waals surface area contributed by atoms with E-state index in [1.54, 1.807) is 16.9 Å². The molecular formula is C22H24N6OS. The van der Waals surface area contributed by atoms with Gasteiger partial charge in [0.1, 0.15) is 5.82 Å². The van der Waals surface area contributed by atoms with Gasteiger partial charge in [-0.25, -0.2) is 14.2 Å². The number of nitrogens with one attached hydrogen (secondary N) is 1. The fourth-order valence-electron chi connectivity index (χ4n) is 3.43. The molecule has 0 atom stereocenters. The summed E-state index contributed by atoms with van der Waals surface area (Å²) in [4.78, 5) is 17.4. The summed E-state index contributed by atoms with van der Waals surface area (Å²) in [5.41, 5.74) is 4.88. The van der Waals surface area contributed by atoms with Crippen LogP contribution in [-0.2, 0) is 4.79 Å². The lowest BCUT2D eigenvalue weighted by molar-refractivity contribution is -0.113. The molecule has 0 saturated heterocycles. The maximum absolute atomic E-state index is 12.6. The largest absolute Gasteiger partial charge is 0.310 e. The number of hydrogen-bond acceptors (Lipinski definition) is 5. The zero-order valence-electron chi connectivity index (χ0n) is 17.5. The average Bonchev–Trinajstić information content (AvgIpc) is 3.32. The Morgan fingerprint density at radius 1 is 1.17 bits per heavy atom. The summed E-state index contributed by atoms with van der Waals surface area (Å²) in [5, 5.41) is 12.5. The molecule has 0 spiro atoms. The molecule has 7 nitrogen and oxygen atoms in total. The summed E-state index contributed by atoms with van der Waals surface area (Å²) in [6.45, 7) is 8.07. The van der Waals surface area contributed by atoms with Crippen molar-refractivity contribution < 1.29 is 4.79 Å². The number of aromatic nitrogens is 5. The minimum absolute atomic E-state index is 0.107. The van der Waals surface area contributed by atoms with Crippen LogP contribution in [-0.4, -0.2) is 36.0 Å². The Kier molecular flexibility index (Phi) is 5.59. The highest BCUT2D eigenvalue weighted by molar-refractivity contribution is 7.99. The van der Waals surface area contributed by atoms with Gasteiger partial charge >= 0.3 is 0 Å². The van der Waals surface area contributed by atoms with Gasteiger partial charge in [0, 0.05) is 17.7 Å². The molecule has 0 aliphatic carbocycles. The summed E-state index contributed by atoms with van der Waals surface area (Å²) in [6, 6.07) is 14.1. The third-order valence-electron chi connectivity index (χ3n) is 4.69. The van der Waals surface area contributed by atoms with Gasteiger partial charge in [0.15, 0.2) is 5.16 Å². The van der Waals surface area contributed by atoms with Crippen molar-refractivity contribution in [3.8, 4) is 11.3 Å². The summed E-state index contributed by atoms with van der Waals surface area (Å²) in [7, 11) is 0. The van der Waals surface area contributed by atoms with Crippen molar-refractivity contribution in [2.75, 3.05) is 11.1 Å². The topological polar surface area (TPSA) is 77.1 Å². The Hall–Kier alpha value is -3.13. The van der Waals surface area contributed by atoms with Gasteiger partial charge in [-0.2, -0.15) is 10.2 Å². The van der Waals surface area contributed by atoms with Gasteiger partial charge in [-0.15, -0.1) is 0 Å². The second-order valence-electron chi connectivity index (χ2n) is 7.43. The molecule has 0 aliphatic rings. The van der Waals surface area contributed by atoms with Gasteiger partial charge in [0.25, 0.3) is 0 Å². The number of imidazole rings is 1. The summed E-state index contributed by atoms with van der Waals surface area (Å²) in [6.07, 6.45) is 1.69. The molecule has 3 heterocycles. The third-order valence-corrected chi connectivity index (χ3v) is 5.62. The van der Waals surface area contributed by atoms with Gasteiger partial charge < -0.3 is 5.32 Å². The number of carbonyl (C=O) groups excluding carboxylic acids is 1. The van der Waals surface area contributed by atoms with Crippen LogP contribution < -0.4 is 5.32 Å². The third kappa shape index (κ3) is 3.95. The van der Waals surface area contributed by atoms with Gasteiger partial charge in [0.2, 0.25) is 5.91 Å². The SMILES string of the molecule is Cc1cc(C)c2c(-c3ccccc3)nc(SCC(=O)Nc3ccnn3C(C)C)n2n1. The lowest BCUT2D eigenvalue weighted by Crippen LogP contribution is -2.18. The lowest BCUT2D eigenvalue weighted by Gasteiger charge is -2.11. The number of fused-ring (bicyclic) bond motifs is 1. The van der Waals surface area contributed by atoms with Crippen LogP contribution in [0.25, 0.3) is 16.8 Å². The molecule has 0 saturated carbocycles. The van der Waals surface area contributed by atoms with E-state index in [0.29, 0.717) is 11.0 Å². The number of thioether (sulfide) groups is 1. The first-order chi connectivity index (χ1) is 14.4. The van der Waals surface area contributed by atoms with Crippen LogP contribution in [0.4, 0.5) is 5.82 Å². The van der Waals surface area contributed by atoms with Crippen LogP contribution in [0.15, 0.2) is 53.8 Å². The fourth-order valence-corrected chi connectivity index (χ4v) is 4.17. The lowest BCUT2D eigenvalue weighted by atomic mass is 10.1. The van der Waals surface area contributed by atoms with Crippen molar-refractivity contribution in [2.45, 2.75) is 38.9 Å². The molecular weight excluding hydrogens is 396 g/mol. The maximum atomic E-state index is 12.6. The molecule has 0 fully saturated rings. The molecule has 8 heteroatoms. The molecule has 1 aromatic carbocycles. The smallest absolute Gasteiger partial charge is 0.235 e. The quantitative estimate of drug-likeness (QED) is 0.464. The van der Waals surface area contributed by atoms with Gasteiger partial charge in [-0.1, -0.05) is 42.1 Å². The Morgan fingerprint density at radius 3 is 2.67 bits per heavy atom. The molecule has 30 heavy (non-hydrogen) atoms. The van der Waals surface area contributed by atoms with E-state index in [-0.39, 0.29) is 17.7 Å². The Balaban J connectivity index is 1.61. The normalized spacial score (nSPS) is 11.4. The van der Waals surface area contributed by atoms with Crippen LogP contribution >= 0.6 is 11.8 Å².